The van der Waals surface area contributed by atoms with E-state index in [0.717, 1.165) is 37.2 Å². The minimum absolute atomic E-state index is 0.0429. The van der Waals surface area contributed by atoms with E-state index in [1.165, 1.54) is 5.56 Å². The van der Waals surface area contributed by atoms with Gasteiger partial charge in [0.2, 0.25) is 0 Å². The van der Waals surface area contributed by atoms with Crippen molar-refractivity contribution in [1.29, 1.82) is 0 Å². The molecule has 1 fully saturated rings. The molecule has 0 aromatic heterocycles. The smallest absolute Gasteiger partial charge is 0.256 e. The molecule has 1 saturated heterocycles. The highest BCUT2D eigenvalue weighted by Gasteiger charge is 2.30. The lowest BCUT2D eigenvalue weighted by molar-refractivity contribution is -0.143. The fourth-order valence-corrected chi connectivity index (χ4v) is 3.52. The topological polar surface area (TPSA) is 38.8 Å². The lowest BCUT2D eigenvalue weighted by Gasteiger charge is -2.35. The lowest BCUT2D eigenvalue weighted by atomic mass is 9.90. The molecule has 0 spiro atoms. The van der Waals surface area contributed by atoms with E-state index < -0.39 is 6.10 Å². The first-order valence-electron chi connectivity index (χ1n) is 8.73. The zero-order valence-electron chi connectivity index (χ0n) is 14.9. The second-order valence-electron chi connectivity index (χ2n) is 6.43. The Morgan fingerprint density at radius 2 is 1.92 bits per heavy atom. The van der Waals surface area contributed by atoms with Gasteiger partial charge in [0.1, 0.15) is 5.75 Å². The van der Waals surface area contributed by atoms with Crippen molar-refractivity contribution in [3.8, 4) is 5.75 Å². The van der Waals surface area contributed by atoms with Crippen LogP contribution in [0.25, 0.3) is 0 Å². The second-order valence-corrected chi connectivity index (χ2v) is 6.43. The van der Waals surface area contributed by atoms with Crippen molar-refractivity contribution in [2.45, 2.75) is 24.9 Å². The molecule has 0 radical (unpaired) electrons. The molecule has 2 atom stereocenters. The molecule has 2 aromatic rings. The van der Waals surface area contributed by atoms with Gasteiger partial charge in [-0.3, -0.25) is 4.79 Å². The van der Waals surface area contributed by atoms with Crippen molar-refractivity contribution in [3.05, 3.63) is 65.7 Å². The Bertz CT molecular complexity index is 701. The molecule has 1 amide bonds. The number of carbonyl (C=O) groups excluding carboxylic acids is 1. The molecule has 1 heterocycles. The monoisotopic (exact) mass is 339 g/mol. The summed E-state index contributed by atoms with van der Waals surface area (Å²) in [6.45, 7) is 1.50. The van der Waals surface area contributed by atoms with Gasteiger partial charge in [0, 0.05) is 26.1 Å². The lowest BCUT2D eigenvalue weighted by Crippen LogP contribution is -2.42. The molecule has 2 aromatic carbocycles. The number of hydrogen-bond donors (Lipinski definition) is 0. The zero-order valence-corrected chi connectivity index (χ0v) is 14.9. The normalized spacial score (nSPS) is 18.6. The molecule has 1 aliphatic rings. The Balaban J connectivity index is 1.75. The summed E-state index contributed by atoms with van der Waals surface area (Å²) in [7, 11) is 3.28. The number of piperidine rings is 1. The van der Waals surface area contributed by atoms with E-state index in [-0.39, 0.29) is 5.91 Å². The quantitative estimate of drug-likeness (QED) is 0.832. The Labute approximate surface area is 149 Å². The Morgan fingerprint density at radius 3 is 2.64 bits per heavy atom. The van der Waals surface area contributed by atoms with Crippen LogP contribution in [0.2, 0.25) is 0 Å². The van der Waals surface area contributed by atoms with Gasteiger partial charge in [0.25, 0.3) is 5.91 Å². The van der Waals surface area contributed by atoms with Gasteiger partial charge in [0.05, 0.1) is 7.11 Å². The highest BCUT2D eigenvalue weighted by molar-refractivity contribution is 5.82. The number of methoxy groups -OCH3 is 2. The molecule has 0 aliphatic carbocycles. The van der Waals surface area contributed by atoms with Gasteiger partial charge >= 0.3 is 0 Å². The van der Waals surface area contributed by atoms with Gasteiger partial charge in [0.15, 0.2) is 6.10 Å². The van der Waals surface area contributed by atoms with Crippen molar-refractivity contribution in [1.82, 2.24) is 4.90 Å². The van der Waals surface area contributed by atoms with Crippen molar-refractivity contribution in [2.24, 2.45) is 0 Å². The zero-order chi connectivity index (χ0) is 17.6. The Morgan fingerprint density at radius 1 is 1.12 bits per heavy atom. The number of carbonyl (C=O) groups is 1. The number of amides is 1. The maximum absolute atomic E-state index is 13.0. The van der Waals surface area contributed by atoms with Crippen LogP contribution in [0, 0.1) is 0 Å². The minimum Gasteiger partial charge on any atom is -0.497 e. The van der Waals surface area contributed by atoms with Crippen LogP contribution in [-0.4, -0.2) is 38.1 Å². The molecule has 0 N–H and O–H groups in total. The predicted octanol–water partition coefficient (Wildman–Crippen LogP) is 3.79. The van der Waals surface area contributed by atoms with Crippen molar-refractivity contribution in [3.63, 3.8) is 0 Å². The third-order valence-corrected chi connectivity index (χ3v) is 4.86. The Hall–Kier alpha value is -2.33. The summed E-state index contributed by atoms with van der Waals surface area (Å²) in [5.74, 6) is 1.24. The molecular formula is C21H25NO3. The largest absolute Gasteiger partial charge is 0.497 e. The highest BCUT2D eigenvalue weighted by Crippen LogP contribution is 2.31. The third kappa shape index (κ3) is 4.02. The van der Waals surface area contributed by atoms with E-state index >= 15 is 0 Å². The summed E-state index contributed by atoms with van der Waals surface area (Å²) in [5.41, 5.74) is 2.13. The van der Waals surface area contributed by atoms with E-state index in [4.69, 9.17) is 9.47 Å². The number of likely N-dealkylation sites (tertiary alicyclic amines) is 1. The maximum Gasteiger partial charge on any atom is 0.256 e. The number of nitrogens with zero attached hydrogens (tertiary/aromatic N) is 1. The minimum atomic E-state index is -0.537. The van der Waals surface area contributed by atoms with Gasteiger partial charge in [-0.15, -0.1) is 0 Å². The van der Waals surface area contributed by atoms with E-state index in [1.807, 2.05) is 47.4 Å². The number of hydrogen-bond acceptors (Lipinski definition) is 3. The van der Waals surface area contributed by atoms with Gasteiger partial charge in [-0.25, -0.2) is 0 Å². The van der Waals surface area contributed by atoms with E-state index in [2.05, 4.69) is 12.1 Å². The average Bonchev–Trinajstić information content (AvgIpc) is 2.69. The van der Waals surface area contributed by atoms with Crippen LogP contribution in [-0.2, 0) is 9.53 Å². The van der Waals surface area contributed by atoms with Gasteiger partial charge in [-0.2, -0.15) is 0 Å². The molecule has 2 unspecified atom stereocenters. The standard InChI is InChI=1S/C21H25NO3/c1-24-19-12-6-10-17(14-19)18-11-7-13-22(15-18)21(23)20(25-2)16-8-4-3-5-9-16/h3-6,8-10,12,14,18,20H,7,11,13,15H2,1-2H3. The van der Waals surface area contributed by atoms with Gasteiger partial charge in [-0.1, -0.05) is 42.5 Å². The SMILES string of the molecule is COc1cccc(C2CCCN(C(=O)C(OC)c3ccccc3)C2)c1. The van der Waals surface area contributed by atoms with Crippen molar-refractivity contribution in [2.75, 3.05) is 27.3 Å². The van der Waals surface area contributed by atoms with Crippen LogP contribution >= 0.6 is 0 Å². The van der Waals surface area contributed by atoms with E-state index in [0.29, 0.717) is 5.92 Å². The average molecular weight is 339 g/mol. The molecular weight excluding hydrogens is 314 g/mol. The van der Waals surface area contributed by atoms with Crippen LogP contribution in [0.5, 0.6) is 5.75 Å². The van der Waals surface area contributed by atoms with Crippen LogP contribution in [0.4, 0.5) is 0 Å². The first-order valence-corrected chi connectivity index (χ1v) is 8.73. The third-order valence-electron chi connectivity index (χ3n) is 4.86. The van der Waals surface area contributed by atoms with Crippen molar-refractivity contribution < 1.29 is 14.3 Å². The van der Waals surface area contributed by atoms with Gasteiger partial charge < -0.3 is 14.4 Å². The van der Waals surface area contributed by atoms with E-state index in [9.17, 15) is 4.79 Å². The second kappa shape index (κ2) is 8.17. The summed E-state index contributed by atoms with van der Waals surface area (Å²) in [6, 6.07) is 17.8. The number of rotatable bonds is 5. The molecule has 0 bridgehead atoms. The first kappa shape index (κ1) is 17.5. The van der Waals surface area contributed by atoms with E-state index in [1.54, 1.807) is 14.2 Å². The van der Waals surface area contributed by atoms with Crippen LogP contribution in [0.1, 0.15) is 36.0 Å². The summed E-state index contributed by atoms with van der Waals surface area (Å²) in [4.78, 5) is 14.9. The maximum atomic E-state index is 13.0. The molecule has 25 heavy (non-hydrogen) atoms. The van der Waals surface area contributed by atoms with Crippen molar-refractivity contribution >= 4 is 5.91 Å². The number of benzene rings is 2. The molecule has 132 valence electrons. The summed E-state index contributed by atoms with van der Waals surface area (Å²) in [6.07, 6.45) is 1.55. The first-order chi connectivity index (χ1) is 12.2. The fraction of sp³-hybridized carbons (Fsp3) is 0.381. The highest BCUT2D eigenvalue weighted by atomic mass is 16.5. The van der Waals surface area contributed by atoms with Crippen LogP contribution < -0.4 is 4.74 Å². The molecule has 4 nitrogen and oxygen atoms in total. The summed E-state index contributed by atoms with van der Waals surface area (Å²) < 4.78 is 10.9. The molecule has 0 saturated carbocycles. The van der Waals surface area contributed by atoms with Gasteiger partial charge in [-0.05, 0) is 36.1 Å². The van der Waals surface area contributed by atoms with Crippen LogP contribution in [0.3, 0.4) is 0 Å². The fourth-order valence-electron chi connectivity index (χ4n) is 3.52. The molecule has 4 heteroatoms. The van der Waals surface area contributed by atoms with Crippen LogP contribution in [0.15, 0.2) is 54.6 Å². The number of ether oxygens (including phenoxy) is 2. The summed E-state index contributed by atoms with van der Waals surface area (Å²) >= 11 is 0. The molecule has 3 rings (SSSR count). The molecule has 1 aliphatic heterocycles. The summed E-state index contributed by atoms with van der Waals surface area (Å²) in [5, 5.41) is 0. The predicted molar refractivity (Wildman–Crippen MR) is 97.7 cm³/mol. The Kier molecular flexibility index (Phi) is 5.71.